The molecule has 2 unspecified atom stereocenters. The number of hydrogen-bond donors (Lipinski definition) is 1. The molecule has 3 aliphatic rings. The van der Waals surface area contributed by atoms with Crippen LogP contribution in [0.25, 0.3) is 16.6 Å². The van der Waals surface area contributed by atoms with Gasteiger partial charge in [0.2, 0.25) is 0 Å². The molecule has 0 aromatic carbocycles. The second-order valence-corrected chi connectivity index (χ2v) is 8.20. The molecule has 1 saturated carbocycles. The van der Waals surface area contributed by atoms with E-state index in [0.717, 1.165) is 28.9 Å². The summed E-state index contributed by atoms with van der Waals surface area (Å²) in [7, 11) is 0. The molecule has 160 valence electrons. The first-order valence-corrected chi connectivity index (χ1v) is 10.6. The van der Waals surface area contributed by atoms with Crippen molar-refractivity contribution >= 4 is 17.2 Å². The van der Waals surface area contributed by atoms with Crippen LogP contribution in [0.5, 0.6) is 5.75 Å². The van der Waals surface area contributed by atoms with Crippen LogP contribution in [0.3, 0.4) is 0 Å². The fourth-order valence-corrected chi connectivity index (χ4v) is 4.83. The van der Waals surface area contributed by atoms with Crippen molar-refractivity contribution in [2.45, 2.75) is 19.4 Å². The number of fused-ring (bicyclic) bond motifs is 3. The molecule has 2 bridgehead atoms. The van der Waals surface area contributed by atoms with Gasteiger partial charge in [-0.05, 0) is 49.3 Å². The van der Waals surface area contributed by atoms with Crippen LogP contribution in [0, 0.1) is 35.5 Å². The van der Waals surface area contributed by atoms with Crippen molar-refractivity contribution in [1.29, 1.82) is 5.26 Å². The monoisotopic (exact) mass is 426 g/mol. The molecule has 3 aromatic rings. The fraction of sp³-hybridized carbons (Fsp3) is 0.333. The van der Waals surface area contributed by atoms with Crippen molar-refractivity contribution in [1.82, 2.24) is 19.5 Å². The minimum absolute atomic E-state index is 0.224. The Balaban J connectivity index is 1.38. The zero-order valence-corrected chi connectivity index (χ0v) is 17.7. The highest BCUT2D eigenvalue weighted by Gasteiger charge is 2.47. The summed E-state index contributed by atoms with van der Waals surface area (Å²) in [6.45, 7) is 3.84. The summed E-state index contributed by atoms with van der Waals surface area (Å²) in [5.41, 5.74) is 2.94. The lowest BCUT2D eigenvalue weighted by atomic mass is 9.66. The number of nitrogens with zero attached hydrogens (tertiary/aromatic N) is 5. The van der Waals surface area contributed by atoms with Crippen LogP contribution in [-0.4, -0.2) is 51.1 Å². The molecular formula is C24H22N6O2. The molecule has 0 radical (unpaired) electrons. The molecular weight excluding hydrogens is 404 g/mol. The van der Waals surface area contributed by atoms with E-state index in [0.29, 0.717) is 48.9 Å². The van der Waals surface area contributed by atoms with Gasteiger partial charge in [-0.2, -0.15) is 10.4 Å². The number of terminal acetylenes is 1. The lowest BCUT2D eigenvalue weighted by Gasteiger charge is -2.53. The molecule has 6 rings (SSSR count). The van der Waals surface area contributed by atoms with Crippen molar-refractivity contribution in [3.63, 3.8) is 0 Å². The summed E-state index contributed by atoms with van der Waals surface area (Å²) in [6.07, 6.45) is 11.5. The van der Waals surface area contributed by atoms with Gasteiger partial charge in [-0.25, -0.2) is 9.50 Å². The highest BCUT2D eigenvalue weighted by molar-refractivity contribution is 5.93. The first-order valence-electron chi connectivity index (χ1n) is 10.6. The molecule has 2 saturated heterocycles. The number of anilines is 1. The van der Waals surface area contributed by atoms with E-state index in [9.17, 15) is 10.1 Å². The van der Waals surface area contributed by atoms with Crippen molar-refractivity contribution in [2.24, 2.45) is 11.8 Å². The van der Waals surface area contributed by atoms with E-state index in [-0.39, 0.29) is 5.91 Å². The molecule has 2 atom stereocenters. The number of carbonyl (C=O) groups excluding carboxylic acids is 1. The number of nitrogens with one attached hydrogen (secondary N) is 1. The van der Waals surface area contributed by atoms with Gasteiger partial charge in [0, 0.05) is 36.5 Å². The Morgan fingerprint density at radius 2 is 2.16 bits per heavy atom. The van der Waals surface area contributed by atoms with Crippen molar-refractivity contribution in [3.8, 4) is 35.3 Å². The number of piperidine rings is 2. The maximum Gasteiger partial charge on any atom is 0.298 e. The van der Waals surface area contributed by atoms with Gasteiger partial charge in [0.15, 0.2) is 0 Å². The summed E-state index contributed by atoms with van der Waals surface area (Å²) in [5, 5.41) is 17.3. The topological polar surface area (TPSA) is 95.5 Å². The van der Waals surface area contributed by atoms with Crippen LogP contribution in [0.15, 0.2) is 36.8 Å². The van der Waals surface area contributed by atoms with Crippen molar-refractivity contribution < 1.29 is 9.53 Å². The average Bonchev–Trinajstić information content (AvgIpc) is 3.25. The third-order valence-electron chi connectivity index (χ3n) is 6.35. The molecule has 3 aromatic heterocycles. The number of carbonyl (C=O) groups is 1. The minimum atomic E-state index is -0.224. The second kappa shape index (κ2) is 7.90. The highest BCUT2D eigenvalue weighted by atomic mass is 16.5. The van der Waals surface area contributed by atoms with Gasteiger partial charge in [-0.15, -0.1) is 6.42 Å². The highest BCUT2D eigenvalue weighted by Crippen LogP contribution is 2.41. The van der Waals surface area contributed by atoms with Crippen LogP contribution in [0.1, 0.15) is 18.9 Å². The number of pyridine rings is 2. The number of hydrogen-bond acceptors (Lipinski definition) is 6. The molecule has 1 aliphatic carbocycles. The van der Waals surface area contributed by atoms with Crippen LogP contribution in [0.4, 0.5) is 5.82 Å². The largest absolute Gasteiger partial charge is 0.492 e. The van der Waals surface area contributed by atoms with E-state index < -0.39 is 0 Å². The lowest BCUT2D eigenvalue weighted by molar-refractivity contribution is -0.132. The molecule has 8 nitrogen and oxygen atoms in total. The Bertz CT molecular complexity index is 1250. The Morgan fingerprint density at radius 1 is 1.34 bits per heavy atom. The quantitative estimate of drug-likeness (QED) is 0.630. The van der Waals surface area contributed by atoms with E-state index in [1.54, 1.807) is 28.0 Å². The van der Waals surface area contributed by atoms with E-state index in [2.05, 4.69) is 27.4 Å². The van der Waals surface area contributed by atoms with Gasteiger partial charge >= 0.3 is 0 Å². The summed E-state index contributed by atoms with van der Waals surface area (Å²) in [5.74, 6) is 4.23. The number of rotatable bonds is 5. The maximum atomic E-state index is 11.8. The normalized spacial score (nSPS) is 21.3. The average molecular weight is 426 g/mol. The number of nitriles is 1. The Hall–Kier alpha value is -4.04. The zero-order chi connectivity index (χ0) is 22.2. The molecule has 0 spiro atoms. The number of amides is 1. The second-order valence-electron chi connectivity index (χ2n) is 8.20. The van der Waals surface area contributed by atoms with Crippen LogP contribution in [0.2, 0.25) is 0 Å². The zero-order valence-electron chi connectivity index (χ0n) is 17.7. The SMILES string of the molecule is C#CC(=O)N1CC2CC(C1)C2Nc1ccc(-c2cc(OCC)cn3ncc(C#N)c23)cn1. The summed E-state index contributed by atoms with van der Waals surface area (Å²) < 4.78 is 7.35. The molecule has 1 amide bonds. The summed E-state index contributed by atoms with van der Waals surface area (Å²) >= 11 is 0. The lowest BCUT2D eigenvalue weighted by Crippen LogP contribution is -2.62. The minimum Gasteiger partial charge on any atom is -0.492 e. The van der Waals surface area contributed by atoms with Crippen LogP contribution >= 0.6 is 0 Å². The van der Waals surface area contributed by atoms with E-state index in [4.69, 9.17) is 11.2 Å². The molecule has 5 heterocycles. The molecule has 1 N–H and O–H groups in total. The van der Waals surface area contributed by atoms with Gasteiger partial charge in [0.05, 0.1) is 30.1 Å². The molecule has 3 fully saturated rings. The molecule has 8 heteroatoms. The fourth-order valence-electron chi connectivity index (χ4n) is 4.83. The first-order chi connectivity index (χ1) is 15.6. The van der Waals surface area contributed by atoms with E-state index in [1.165, 1.54) is 0 Å². The number of aromatic nitrogens is 3. The van der Waals surface area contributed by atoms with Gasteiger partial charge in [-0.1, -0.05) is 0 Å². The van der Waals surface area contributed by atoms with Gasteiger partial charge in [0.25, 0.3) is 5.91 Å². The van der Waals surface area contributed by atoms with Crippen LogP contribution in [-0.2, 0) is 4.79 Å². The summed E-state index contributed by atoms with van der Waals surface area (Å²) in [4.78, 5) is 18.2. The predicted octanol–water partition coefficient (Wildman–Crippen LogP) is 2.56. The van der Waals surface area contributed by atoms with Crippen molar-refractivity contribution in [2.75, 3.05) is 25.0 Å². The third-order valence-corrected chi connectivity index (χ3v) is 6.35. The third kappa shape index (κ3) is 3.30. The predicted molar refractivity (Wildman–Crippen MR) is 119 cm³/mol. The molecule has 2 aliphatic heterocycles. The van der Waals surface area contributed by atoms with E-state index >= 15 is 0 Å². The van der Waals surface area contributed by atoms with Gasteiger partial charge in [-0.3, -0.25) is 4.79 Å². The Labute approximate surface area is 185 Å². The Kier molecular flexibility index (Phi) is 4.91. The maximum absolute atomic E-state index is 11.8. The van der Waals surface area contributed by atoms with E-state index in [1.807, 2.05) is 25.1 Å². The van der Waals surface area contributed by atoms with Gasteiger partial charge < -0.3 is 15.0 Å². The van der Waals surface area contributed by atoms with Crippen molar-refractivity contribution in [3.05, 3.63) is 42.4 Å². The smallest absolute Gasteiger partial charge is 0.298 e. The summed E-state index contributed by atoms with van der Waals surface area (Å²) in [6, 6.07) is 8.34. The van der Waals surface area contributed by atoms with Crippen LogP contribution < -0.4 is 10.1 Å². The number of ether oxygens (including phenoxy) is 1. The Morgan fingerprint density at radius 3 is 2.81 bits per heavy atom. The first kappa shape index (κ1) is 19.9. The van der Waals surface area contributed by atoms with Gasteiger partial charge in [0.1, 0.15) is 17.6 Å². The standard InChI is InChI=1S/C24H22N6O2/c1-3-22(31)29-12-16-7-17(13-29)23(16)28-21-6-5-15(10-26-21)20-8-19(32-4-2)14-30-24(20)18(9-25)11-27-30/h1,5-6,8,10-11,14,16-17,23H,4,7,12-13H2,2H3,(H,26,28). The molecule has 32 heavy (non-hydrogen) atoms.